The van der Waals surface area contributed by atoms with Gasteiger partial charge in [0.15, 0.2) is 0 Å². The maximum absolute atomic E-state index is 12.1. The van der Waals surface area contributed by atoms with Gasteiger partial charge in [-0.05, 0) is 17.3 Å². The average molecular weight is 256 g/mol. The maximum atomic E-state index is 12.1. The van der Waals surface area contributed by atoms with E-state index in [9.17, 15) is 4.79 Å². The van der Waals surface area contributed by atoms with Crippen molar-refractivity contribution in [3.63, 3.8) is 0 Å². The van der Waals surface area contributed by atoms with Crippen molar-refractivity contribution in [3.05, 3.63) is 0 Å². The van der Waals surface area contributed by atoms with Crippen molar-refractivity contribution >= 4 is 23.1 Å². The normalized spacial score (nSPS) is 22.9. The fraction of sp³-hybridized carbons (Fsp3) is 0.846. The summed E-state index contributed by atoms with van der Waals surface area (Å²) in [6, 6.07) is 0.219. The molecule has 3 nitrogen and oxygen atoms in total. The molecule has 3 N–H and O–H groups in total. The molecule has 1 amide bonds. The van der Waals surface area contributed by atoms with Crippen molar-refractivity contribution < 1.29 is 4.79 Å². The van der Waals surface area contributed by atoms with Gasteiger partial charge in [-0.25, -0.2) is 0 Å². The molecule has 0 aromatic heterocycles. The Bertz CT molecular complexity index is 322. The Morgan fingerprint density at radius 2 is 1.82 bits per heavy atom. The number of nitrogens with two attached hydrogens (primary N) is 1. The number of thiocarbonyl (C=S) groups is 1. The van der Waals surface area contributed by atoms with Crippen LogP contribution in [0.5, 0.6) is 0 Å². The molecule has 0 spiro atoms. The molecule has 0 aliphatic heterocycles. The number of amides is 1. The van der Waals surface area contributed by atoms with E-state index in [2.05, 4.69) is 33.0 Å². The summed E-state index contributed by atoms with van der Waals surface area (Å²) in [5.74, 6) is -0.329. The van der Waals surface area contributed by atoms with Crippen LogP contribution in [0.25, 0.3) is 0 Å². The molecule has 0 radical (unpaired) electrons. The fourth-order valence-corrected chi connectivity index (χ4v) is 2.72. The third-order valence-corrected chi connectivity index (χ3v) is 4.83. The van der Waals surface area contributed by atoms with Gasteiger partial charge in [-0.2, -0.15) is 0 Å². The van der Waals surface area contributed by atoms with Crippen molar-refractivity contribution in [2.45, 2.75) is 53.5 Å². The molecule has 4 heteroatoms. The summed E-state index contributed by atoms with van der Waals surface area (Å²) in [7, 11) is 0. The van der Waals surface area contributed by atoms with Crippen LogP contribution in [0.1, 0.15) is 47.5 Å². The SMILES string of the molecule is CCCC(C(=O)NC1C(C)(C)C1(C)C)C(N)=S. The summed E-state index contributed by atoms with van der Waals surface area (Å²) in [5.41, 5.74) is 5.92. The Hall–Kier alpha value is -0.640. The molecule has 1 unspecified atom stereocenters. The molecule has 0 aromatic carbocycles. The maximum Gasteiger partial charge on any atom is 0.230 e. The van der Waals surface area contributed by atoms with E-state index in [0.717, 1.165) is 12.8 Å². The van der Waals surface area contributed by atoms with Gasteiger partial charge in [-0.15, -0.1) is 0 Å². The van der Waals surface area contributed by atoms with E-state index >= 15 is 0 Å². The van der Waals surface area contributed by atoms with E-state index in [4.69, 9.17) is 18.0 Å². The Kier molecular flexibility index (Phi) is 3.87. The third kappa shape index (κ3) is 2.46. The lowest BCUT2D eigenvalue weighted by molar-refractivity contribution is -0.123. The number of hydrogen-bond acceptors (Lipinski definition) is 2. The molecule has 0 heterocycles. The van der Waals surface area contributed by atoms with Gasteiger partial charge < -0.3 is 11.1 Å². The summed E-state index contributed by atoms with van der Waals surface area (Å²) in [6.45, 7) is 10.7. The predicted molar refractivity (Wildman–Crippen MR) is 74.7 cm³/mol. The van der Waals surface area contributed by atoms with Gasteiger partial charge in [0.25, 0.3) is 0 Å². The van der Waals surface area contributed by atoms with Crippen LogP contribution >= 0.6 is 12.2 Å². The number of rotatable bonds is 5. The van der Waals surface area contributed by atoms with E-state index in [-0.39, 0.29) is 28.7 Å². The first kappa shape index (κ1) is 14.4. The zero-order valence-corrected chi connectivity index (χ0v) is 12.3. The van der Waals surface area contributed by atoms with Gasteiger partial charge in [0.05, 0.1) is 10.9 Å². The van der Waals surface area contributed by atoms with Gasteiger partial charge in [0.1, 0.15) is 0 Å². The molecular weight excluding hydrogens is 232 g/mol. The number of carbonyl (C=O) groups is 1. The van der Waals surface area contributed by atoms with E-state index in [1.54, 1.807) is 0 Å². The molecule has 0 saturated heterocycles. The van der Waals surface area contributed by atoms with Gasteiger partial charge >= 0.3 is 0 Å². The predicted octanol–water partition coefficient (Wildman–Crippen LogP) is 2.24. The standard InChI is InChI=1S/C13H24N2OS/c1-6-7-8(9(14)17)10(16)15-11-12(2,3)13(11,4)5/h8,11H,6-7H2,1-5H3,(H2,14,17)(H,15,16). The number of nitrogens with one attached hydrogen (secondary N) is 1. The molecule has 1 rings (SSSR count). The first-order valence-electron chi connectivity index (χ1n) is 6.26. The molecule has 1 atom stereocenters. The summed E-state index contributed by atoms with van der Waals surface area (Å²) in [4.78, 5) is 12.4. The zero-order valence-electron chi connectivity index (χ0n) is 11.5. The van der Waals surface area contributed by atoms with Crippen LogP contribution in [0.2, 0.25) is 0 Å². The topological polar surface area (TPSA) is 55.1 Å². The molecule has 1 aliphatic rings. The number of hydrogen-bond donors (Lipinski definition) is 2. The fourth-order valence-electron chi connectivity index (χ4n) is 2.49. The minimum Gasteiger partial charge on any atom is -0.393 e. The zero-order chi connectivity index (χ0) is 13.4. The van der Waals surface area contributed by atoms with Gasteiger partial charge in [-0.3, -0.25) is 4.79 Å². The van der Waals surface area contributed by atoms with Gasteiger partial charge in [0, 0.05) is 6.04 Å². The van der Waals surface area contributed by atoms with E-state index in [0.29, 0.717) is 4.99 Å². The van der Waals surface area contributed by atoms with E-state index in [1.807, 2.05) is 6.92 Å². The third-order valence-electron chi connectivity index (χ3n) is 4.54. The minimum atomic E-state index is -0.317. The second-order valence-corrected chi connectivity index (χ2v) is 6.60. The summed E-state index contributed by atoms with van der Waals surface area (Å²) in [5, 5.41) is 3.09. The van der Waals surface area contributed by atoms with Crippen LogP contribution in [-0.4, -0.2) is 16.9 Å². The Balaban J connectivity index is 2.64. The van der Waals surface area contributed by atoms with Crippen molar-refractivity contribution in [3.8, 4) is 0 Å². The minimum absolute atomic E-state index is 0.0111. The molecule has 17 heavy (non-hydrogen) atoms. The molecule has 1 fully saturated rings. The molecule has 0 aromatic rings. The highest BCUT2D eigenvalue weighted by Crippen LogP contribution is 2.62. The van der Waals surface area contributed by atoms with Crippen LogP contribution in [0.15, 0.2) is 0 Å². The first-order chi connectivity index (χ1) is 7.66. The second kappa shape index (κ2) is 4.56. The van der Waals surface area contributed by atoms with Crippen LogP contribution < -0.4 is 11.1 Å². The summed E-state index contributed by atoms with van der Waals surface area (Å²) < 4.78 is 0. The molecule has 1 saturated carbocycles. The Morgan fingerprint density at radius 1 is 1.35 bits per heavy atom. The quantitative estimate of drug-likeness (QED) is 0.742. The smallest absolute Gasteiger partial charge is 0.230 e. The average Bonchev–Trinajstić information content (AvgIpc) is 2.56. The van der Waals surface area contributed by atoms with Crippen LogP contribution in [0, 0.1) is 16.7 Å². The van der Waals surface area contributed by atoms with Gasteiger partial charge in [0.2, 0.25) is 5.91 Å². The van der Waals surface area contributed by atoms with Gasteiger partial charge in [-0.1, -0.05) is 53.3 Å². The van der Waals surface area contributed by atoms with Crippen molar-refractivity contribution in [1.82, 2.24) is 5.32 Å². The largest absolute Gasteiger partial charge is 0.393 e. The lowest BCUT2D eigenvalue weighted by Gasteiger charge is -2.15. The Morgan fingerprint density at radius 3 is 2.12 bits per heavy atom. The first-order valence-corrected chi connectivity index (χ1v) is 6.66. The molecular formula is C13H24N2OS. The lowest BCUT2D eigenvalue weighted by atomic mass is 10.0. The second-order valence-electron chi connectivity index (χ2n) is 6.13. The summed E-state index contributed by atoms with van der Waals surface area (Å²) in [6.07, 6.45) is 1.64. The van der Waals surface area contributed by atoms with Crippen molar-refractivity contribution in [1.29, 1.82) is 0 Å². The van der Waals surface area contributed by atoms with Crippen molar-refractivity contribution in [2.24, 2.45) is 22.5 Å². The molecule has 98 valence electrons. The lowest BCUT2D eigenvalue weighted by Crippen LogP contribution is -2.40. The highest BCUT2D eigenvalue weighted by Gasteiger charge is 2.65. The van der Waals surface area contributed by atoms with Crippen LogP contribution in [0.3, 0.4) is 0 Å². The Labute approximate surface area is 110 Å². The highest BCUT2D eigenvalue weighted by molar-refractivity contribution is 7.80. The van der Waals surface area contributed by atoms with E-state index < -0.39 is 0 Å². The van der Waals surface area contributed by atoms with E-state index in [1.165, 1.54) is 0 Å². The number of carbonyl (C=O) groups excluding carboxylic acids is 1. The summed E-state index contributed by atoms with van der Waals surface area (Å²) >= 11 is 4.96. The monoisotopic (exact) mass is 256 g/mol. The molecule has 0 bridgehead atoms. The molecule has 1 aliphatic carbocycles. The highest BCUT2D eigenvalue weighted by atomic mass is 32.1. The van der Waals surface area contributed by atoms with Crippen molar-refractivity contribution in [2.75, 3.05) is 0 Å². The van der Waals surface area contributed by atoms with Crippen LogP contribution in [-0.2, 0) is 4.79 Å². The van der Waals surface area contributed by atoms with Crippen LogP contribution in [0.4, 0.5) is 0 Å².